The normalized spacial score (nSPS) is 21.2. The SMILES string of the molecule is Cc1cc(OC2CN(C(=O)[C@@H]3COc4ccccc4O3)C2)cc(=O)n1C1CC1. The summed E-state index contributed by atoms with van der Waals surface area (Å²) in [6, 6.07) is 11.1. The molecule has 1 saturated carbocycles. The van der Waals surface area contributed by atoms with Crippen LogP contribution in [0.4, 0.5) is 0 Å². The predicted molar refractivity (Wildman–Crippen MR) is 101 cm³/mol. The lowest BCUT2D eigenvalue weighted by Gasteiger charge is -2.41. The molecular weight excluding hydrogens is 360 g/mol. The lowest BCUT2D eigenvalue weighted by Crippen LogP contribution is -2.60. The molecule has 1 amide bonds. The minimum absolute atomic E-state index is 0.0174. The maximum Gasteiger partial charge on any atom is 0.267 e. The van der Waals surface area contributed by atoms with Crippen LogP contribution >= 0.6 is 0 Å². The van der Waals surface area contributed by atoms with Crippen molar-refractivity contribution in [1.29, 1.82) is 0 Å². The zero-order valence-corrected chi connectivity index (χ0v) is 15.7. The van der Waals surface area contributed by atoms with E-state index < -0.39 is 6.10 Å². The molecule has 0 radical (unpaired) electrons. The summed E-state index contributed by atoms with van der Waals surface area (Å²) in [6.45, 7) is 3.09. The molecule has 0 N–H and O–H groups in total. The van der Waals surface area contributed by atoms with Crippen molar-refractivity contribution in [2.75, 3.05) is 19.7 Å². The Kier molecular flexibility index (Phi) is 4.03. The third-order valence-corrected chi connectivity index (χ3v) is 5.39. The molecule has 7 heteroatoms. The molecule has 0 bridgehead atoms. The van der Waals surface area contributed by atoms with Crippen molar-refractivity contribution < 1.29 is 19.0 Å². The molecule has 2 aromatic rings. The Labute approximate surface area is 162 Å². The van der Waals surface area contributed by atoms with Crippen molar-refractivity contribution in [3.63, 3.8) is 0 Å². The van der Waals surface area contributed by atoms with Gasteiger partial charge in [0.05, 0.1) is 13.1 Å². The second-order valence-corrected chi connectivity index (χ2v) is 7.62. The van der Waals surface area contributed by atoms with Gasteiger partial charge in [-0.05, 0) is 38.0 Å². The molecule has 1 aromatic heterocycles. The Morgan fingerprint density at radius 2 is 1.89 bits per heavy atom. The maximum atomic E-state index is 12.6. The quantitative estimate of drug-likeness (QED) is 0.808. The van der Waals surface area contributed by atoms with Crippen LogP contribution < -0.4 is 19.8 Å². The molecule has 1 atom stereocenters. The molecule has 5 rings (SSSR count). The number of aromatic nitrogens is 1. The van der Waals surface area contributed by atoms with Gasteiger partial charge in [-0.3, -0.25) is 9.59 Å². The second-order valence-electron chi connectivity index (χ2n) is 7.62. The molecule has 7 nitrogen and oxygen atoms in total. The van der Waals surface area contributed by atoms with Crippen LogP contribution in [0.1, 0.15) is 24.6 Å². The molecule has 146 valence electrons. The van der Waals surface area contributed by atoms with Gasteiger partial charge in [0.15, 0.2) is 11.5 Å². The van der Waals surface area contributed by atoms with Gasteiger partial charge >= 0.3 is 0 Å². The van der Waals surface area contributed by atoms with Gasteiger partial charge in [0.1, 0.15) is 18.5 Å². The van der Waals surface area contributed by atoms with Gasteiger partial charge < -0.3 is 23.7 Å². The number of rotatable bonds is 4. The summed E-state index contributed by atoms with van der Waals surface area (Å²) < 4.78 is 19.1. The number of amides is 1. The number of aryl methyl sites for hydroxylation is 1. The van der Waals surface area contributed by atoms with Crippen LogP contribution in [0, 0.1) is 6.92 Å². The number of para-hydroxylation sites is 2. The largest absolute Gasteiger partial charge is 0.486 e. The Morgan fingerprint density at radius 3 is 2.61 bits per heavy atom. The van der Waals surface area contributed by atoms with Crippen molar-refractivity contribution in [1.82, 2.24) is 9.47 Å². The molecule has 0 spiro atoms. The van der Waals surface area contributed by atoms with E-state index in [0.29, 0.717) is 36.4 Å². The van der Waals surface area contributed by atoms with Crippen LogP contribution in [-0.4, -0.2) is 47.3 Å². The Hall–Kier alpha value is -2.96. The van der Waals surface area contributed by atoms with Crippen LogP contribution in [0.2, 0.25) is 0 Å². The molecular formula is C21H22N2O5. The predicted octanol–water partition coefficient (Wildman–Crippen LogP) is 1.92. The molecule has 1 aromatic carbocycles. The zero-order chi connectivity index (χ0) is 19.3. The third-order valence-electron chi connectivity index (χ3n) is 5.39. The van der Waals surface area contributed by atoms with Crippen molar-refractivity contribution in [2.24, 2.45) is 0 Å². The first-order valence-corrected chi connectivity index (χ1v) is 9.65. The van der Waals surface area contributed by atoms with Crippen LogP contribution in [-0.2, 0) is 4.79 Å². The van der Waals surface area contributed by atoms with Crippen LogP contribution in [0.5, 0.6) is 17.2 Å². The number of benzene rings is 1. The number of ether oxygens (including phenoxy) is 3. The lowest BCUT2D eigenvalue weighted by molar-refractivity contribution is -0.150. The number of likely N-dealkylation sites (tertiary alicyclic amines) is 1. The average molecular weight is 382 g/mol. The van der Waals surface area contributed by atoms with Crippen molar-refractivity contribution in [3.05, 3.63) is 52.4 Å². The van der Waals surface area contributed by atoms with Crippen LogP contribution in [0.15, 0.2) is 41.2 Å². The van der Waals surface area contributed by atoms with Gasteiger partial charge in [-0.15, -0.1) is 0 Å². The number of nitrogens with zero attached hydrogens (tertiary/aromatic N) is 2. The van der Waals surface area contributed by atoms with Gasteiger partial charge in [-0.25, -0.2) is 0 Å². The van der Waals surface area contributed by atoms with E-state index in [1.54, 1.807) is 17.0 Å². The molecule has 0 unspecified atom stereocenters. The highest BCUT2D eigenvalue weighted by atomic mass is 16.6. The van der Waals surface area contributed by atoms with E-state index in [2.05, 4.69) is 0 Å². The summed E-state index contributed by atoms with van der Waals surface area (Å²) in [7, 11) is 0. The van der Waals surface area contributed by atoms with Gasteiger partial charge in [0.2, 0.25) is 6.10 Å². The highest BCUT2D eigenvalue weighted by Crippen LogP contribution is 2.35. The Bertz CT molecular complexity index is 975. The zero-order valence-electron chi connectivity index (χ0n) is 15.7. The number of pyridine rings is 1. The summed E-state index contributed by atoms with van der Waals surface area (Å²) >= 11 is 0. The average Bonchev–Trinajstić information content (AvgIpc) is 3.48. The highest BCUT2D eigenvalue weighted by molar-refractivity contribution is 5.82. The summed E-state index contributed by atoms with van der Waals surface area (Å²) in [5, 5.41) is 0. The number of carbonyl (C=O) groups is 1. The second kappa shape index (κ2) is 6.58. The molecule has 1 aliphatic carbocycles. The van der Waals surface area contributed by atoms with Gasteiger partial charge in [-0.2, -0.15) is 0 Å². The van der Waals surface area contributed by atoms with Gasteiger partial charge in [0, 0.05) is 17.8 Å². The topological polar surface area (TPSA) is 70.0 Å². The number of fused-ring (bicyclic) bond motifs is 1. The number of hydrogen-bond donors (Lipinski definition) is 0. The third kappa shape index (κ3) is 3.10. The highest BCUT2D eigenvalue weighted by Gasteiger charge is 2.39. The van der Waals surface area contributed by atoms with Crippen LogP contribution in [0.3, 0.4) is 0 Å². The minimum Gasteiger partial charge on any atom is -0.486 e. The van der Waals surface area contributed by atoms with E-state index in [1.807, 2.05) is 35.8 Å². The van der Waals surface area contributed by atoms with E-state index in [4.69, 9.17) is 14.2 Å². The summed E-state index contributed by atoms with van der Waals surface area (Å²) in [5.41, 5.74) is 0.903. The summed E-state index contributed by atoms with van der Waals surface area (Å²) in [5.74, 6) is 1.72. The van der Waals surface area contributed by atoms with Gasteiger partial charge in [-0.1, -0.05) is 12.1 Å². The lowest BCUT2D eigenvalue weighted by atomic mass is 10.1. The minimum atomic E-state index is -0.638. The van der Waals surface area contributed by atoms with Crippen molar-refractivity contribution in [3.8, 4) is 17.2 Å². The van der Waals surface area contributed by atoms with E-state index in [9.17, 15) is 9.59 Å². The van der Waals surface area contributed by atoms with E-state index in [0.717, 1.165) is 18.5 Å². The van der Waals surface area contributed by atoms with E-state index in [-0.39, 0.29) is 24.2 Å². The first-order chi connectivity index (χ1) is 13.6. The smallest absolute Gasteiger partial charge is 0.267 e. The van der Waals surface area contributed by atoms with E-state index >= 15 is 0 Å². The number of carbonyl (C=O) groups excluding carboxylic acids is 1. The summed E-state index contributed by atoms with van der Waals surface area (Å²) in [4.78, 5) is 26.6. The fraction of sp³-hybridized carbons (Fsp3) is 0.429. The first kappa shape index (κ1) is 17.2. The van der Waals surface area contributed by atoms with Gasteiger partial charge in [0.25, 0.3) is 11.5 Å². The Morgan fingerprint density at radius 1 is 1.14 bits per heavy atom. The number of hydrogen-bond acceptors (Lipinski definition) is 5. The molecule has 2 fully saturated rings. The summed E-state index contributed by atoms with van der Waals surface area (Å²) in [6.07, 6.45) is 1.38. The maximum absolute atomic E-state index is 12.6. The molecule has 3 aliphatic rings. The molecule has 2 aliphatic heterocycles. The molecule has 1 saturated heterocycles. The standard InChI is InChI=1S/C21H22N2O5/c1-13-8-15(9-20(24)23(13)14-6-7-14)27-16-10-22(11-16)21(25)19-12-26-17-4-2-3-5-18(17)28-19/h2-5,8-9,14,16,19H,6-7,10-12H2,1H3/t19-/m0/s1. The van der Waals surface area contributed by atoms with Crippen molar-refractivity contribution >= 4 is 5.91 Å². The molecule has 28 heavy (non-hydrogen) atoms. The van der Waals surface area contributed by atoms with Crippen LogP contribution in [0.25, 0.3) is 0 Å². The first-order valence-electron chi connectivity index (χ1n) is 9.65. The fourth-order valence-corrected chi connectivity index (χ4v) is 3.78. The van der Waals surface area contributed by atoms with E-state index in [1.165, 1.54) is 0 Å². The van der Waals surface area contributed by atoms with Crippen molar-refractivity contribution in [2.45, 2.75) is 38.0 Å². The monoisotopic (exact) mass is 382 g/mol. The fourth-order valence-electron chi connectivity index (χ4n) is 3.78. The Balaban J connectivity index is 1.18. The molecule has 3 heterocycles.